The highest BCUT2D eigenvalue weighted by atomic mass is 28.4. The lowest BCUT2D eigenvalue weighted by Gasteiger charge is -2.41. The Bertz CT molecular complexity index is 1080. The van der Waals surface area contributed by atoms with E-state index in [9.17, 15) is 4.79 Å². The summed E-state index contributed by atoms with van der Waals surface area (Å²) in [5, 5.41) is 0.0175. The first-order valence-corrected chi connectivity index (χ1v) is 17.4. The maximum Gasteiger partial charge on any atom is 0.412 e. The van der Waals surface area contributed by atoms with Crippen molar-refractivity contribution in [3.63, 3.8) is 0 Å². The molecule has 0 radical (unpaired) electrons. The summed E-state index contributed by atoms with van der Waals surface area (Å²) in [7, 11) is -2.18. The van der Waals surface area contributed by atoms with E-state index in [2.05, 4.69) is 51.0 Å². The van der Waals surface area contributed by atoms with Gasteiger partial charge in [-0.05, 0) is 83.6 Å². The third-order valence-electron chi connectivity index (χ3n) is 7.73. The molecule has 1 unspecified atom stereocenters. The molecule has 0 aliphatic carbocycles. The fourth-order valence-electron chi connectivity index (χ4n) is 4.81. The first-order valence-electron chi connectivity index (χ1n) is 14.5. The van der Waals surface area contributed by atoms with E-state index >= 15 is 0 Å². The predicted octanol–water partition coefficient (Wildman–Crippen LogP) is 7.61. The fraction of sp³-hybridized carbons (Fsp3) is 0.625. The van der Waals surface area contributed by atoms with Crippen LogP contribution in [0.15, 0.2) is 54.7 Å². The SMILES string of the molecule is CC(C)(C)OC(=O)N1[C@H](Cc2ccccc2)[C@@H](C(CCCOc2ccccn2)O[Si](C)(C)C(C)(C)C)OC1(C)C. The van der Waals surface area contributed by atoms with Crippen molar-refractivity contribution in [2.75, 3.05) is 6.61 Å². The number of carbonyl (C=O) groups is 1. The second-order valence-corrected chi connectivity index (χ2v) is 18.5. The summed E-state index contributed by atoms with van der Waals surface area (Å²) in [4.78, 5) is 19.7. The van der Waals surface area contributed by atoms with E-state index in [1.807, 2.05) is 71.0 Å². The van der Waals surface area contributed by atoms with Crippen molar-refractivity contribution in [2.45, 2.75) is 122 Å². The lowest BCUT2D eigenvalue weighted by Crippen LogP contribution is -2.53. The van der Waals surface area contributed by atoms with Crippen LogP contribution < -0.4 is 4.74 Å². The number of hydrogen-bond acceptors (Lipinski definition) is 6. The van der Waals surface area contributed by atoms with Gasteiger partial charge in [0.1, 0.15) is 17.4 Å². The molecule has 3 atom stereocenters. The molecule has 1 aliphatic heterocycles. The summed E-state index contributed by atoms with van der Waals surface area (Å²) < 4.78 is 25.7. The fourth-order valence-corrected chi connectivity index (χ4v) is 6.17. The maximum absolute atomic E-state index is 13.7. The van der Waals surface area contributed by atoms with Crippen LogP contribution in [-0.4, -0.2) is 60.5 Å². The Kier molecular flexibility index (Phi) is 10.1. The molecular weight excluding hydrogens is 520 g/mol. The van der Waals surface area contributed by atoms with Gasteiger partial charge in [0.2, 0.25) is 5.88 Å². The van der Waals surface area contributed by atoms with Crippen molar-refractivity contribution in [3.8, 4) is 5.88 Å². The zero-order chi connectivity index (χ0) is 29.8. The molecule has 0 N–H and O–H groups in total. The second-order valence-electron chi connectivity index (χ2n) is 13.7. The number of benzene rings is 1. The van der Waals surface area contributed by atoms with Crippen molar-refractivity contribution in [1.29, 1.82) is 0 Å². The highest BCUT2D eigenvalue weighted by Gasteiger charge is 2.54. The maximum atomic E-state index is 13.7. The molecule has 1 aromatic heterocycles. The Morgan fingerprint density at radius 3 is 2.27 bits per heavy atom. The van der Waals surface area contributed by atoms with Gasteiger partial charge in [-0.3, -0.25) is 4.90 Å². The lowest BCUT2D eigenvalue weighted by molar-refractivity contribution is -0.102. The predicted molar refractivity (Wildman–Crippen MR) is 162 cm³/mol. The Labute approximate surface area is 242 Å². The molecule has 3 rings (SSSR count). The third kappa shape index (κ3) is 8.54. The molecule has 0 spiro atoms. The number of nitrogens with zero attached hydrogens (tertiary/aromatic N) is 2. The quantitative estimate of drug-likeness (QED) is 0.216. The smallest absolute Gasteiger partial charge is 0.412 e. The summed E-state index contributed by atoms with van der Waals surface area (Å²) in [5.41, 5.74) is -0.356. The topological polar surface area (TPSA) is 70.1 Å². The molecule has 8 heteroatoms. The van der Waals surface area contributed by atoms with E-state index in [4.69, 9.17) is 18.6 Å². The van der Waals surface area contributed by atoms with E-state index in [-0.39, 0.29) is 29.4 Å². The Balaban J connectivity index is 1.94. The third-order valence-corrected chi connectivity index (χ3v) is 12.2. The Morgan fingerprint density at radius 1 is 1.05 bits per heavy atom. The highest BCUT2D eigenvalue weighted by molar-refractivity contribution is 6.74. The van der Waals surface area contributed by atoms with E-state index < -0.39 is 19.6 Å². The van der Waals surface area contributed by atoms with Gasteiger partial charge in [0, 0.05) is 12.3 Å². The van der Waals surface area contributed by atoms with E-state index in [1.54, 1.807) is 11.1 Å². The second kappa shape index (κ2) is 12.6. The summed E-state index contributed by atoms with van der Waals surface area (Å²) in [6, 6.07) is 15.6. The first kappa shape index (κ1) is 32.1. The van der Waals surface area contributed by atoms with Crippen molar-refractivity contribution in [2.24, 2.45) is 0 Å². The van der Waals surface area contributed by atoms with Crippen molar-refractivity contribution < 1.29 is 23.4 Å². The van der Waals surface area contributed by atoms with Crippen LogP contribution in [-0.2, 0) is 20.3 Å². The zero-order valence-electron chi connectivity index (χ0n) is 26.2. The van der Waals surface area contributed by atoms with Gasteiger partial charge in [0.05, 0.1) is 18.8 Å². The summed E-state index contributed by atoms with van der Waals surface area (Å²) in [6.07, 6.45) is 2.92. The van der Waals surface area contributed by atoms with Crippen LogP contribution in [0.25, 0.3) is 0 Å². The zero-order valence-corrected chi connectivity index (χ0v) is 27.2. The first-order chi connectivity index (χ1) is 18.5. The van der Waals surface area contributed by atoms with Crippen molar-refractivity contribution in [1.82, 2.24) is 9.88 Å². The number of rotatable bonds is 10. The molecule has 2 aromatic rings. The minimum Gasteiger partial charge on any atom is -0.478 e. The molecule has 1 amide bonds. The molecule has 0 saturated carbocycles. The Hall–Kier alpha value is -2.42. The standard InChI is InChI=1S/C32H50N2O5Si/c1-30(2,3)38-29(35)34-25(23-24-17-12-11-13-18-24)28(37-32(34,7)8)26(39-40(9,10)31(4,5)6)19-16-22-36-27-20-14-15-21-33-27/h11-15,17-18,20-21,25-26,28H,16,19,22-23H2,1-10H3/t25-,26?,28+/m1/s1. The lowest BCUT2D eigenvalue weighted by atomic mass is 9.95. The number of pyridine rings is 1. The minimum absolute atomic E-state index is 0.0175. The molecule has 0 bridgehead atoms. The number of hydrogen-bond donors (Lipinski definition) is 0. The van der Waals surface area contributed by atoms with Crippen molar-refractivity contribution >= 4 is 14.4 Å². The number of ether oxygens (including phenoxy) is 3. The molecule has 40 heavy (non-hydrogen) atoms. The van der Waals surface area contributed by atoms with Gasteiger partial charge in [-0.25, -0.2) is 9.78 Å². The van der Waals surface area contributed by atoms with Gasteiger partial charge >= 0.3 is 6.09 Å². The van der Waals surface area contributed by atoms with Gasteiger partial charge in [-0.1, -0.05) is 57.2 Å². The van der Waals surface area contributed by atoms with Crippen LogP contribution in [0.2, 0.25) is 18.1 Å². The van der Waals surface area contributed by atoms with Crippen LogP contribution in [0.4, 0.5) is 4.79 Å². The van der Waals surface area contributed by atoms with Crippen LogP contribution >= 0.6 is 0 Å². The number of amides is 1. The van der Waals surface area contributed by atoms with Gasteiger partial charge in [-0.2, -0.15) is 0 Å². The number of carbonyl (C=O) groups excluding carboxylic acids is 1. The van der Waals surface area contributed by atoms with E-state index in [0.29, 0.717) is 18.9 Å². The van der Waals surface area contributed by atoms with Gasteiger partial charge < -0.3 is 18.6 Å². The van der Waals surface area contributed by atoms with E-state index in [0.717, 1.165) is 18.4 Å². The van der Waals surface area contributed by atoms with Crippen LogP contribution in [0.3, 0.4) is 0 Å². The summed E-state index contributed by atoms with van der Waals surface area (Å²) in [6.45, 7) is 21.4. The average molecular weight is 571 g/mol. The summed E-state index contributed by atoms with van der Waals surface area (Å²) >= 11 is 0. The molecule has 2 heterocycles. The number of aromatic nitrogens is 1. The molecular formula is C32H50N2O5Si. The molecule has 7 nitrogen and oxygen atoms in total. The van der Waals surface area contributed by atoms with Gasteiger partial charge in [0.25, 0.3) is 0 Å². The van der Waals surface area contributed by atoms with Gasteiger partial charge in [-0.15, -0.1) is 0 Å². The molecule has 1 aliphatic rings. The Morgan fingerprint density at radius 2 is 1.70 bits per heavy atom. The molecule has 1 fully saturated rings. The highest BCUT2D eigenvalue weighted by Crippen LogP contribution is 2.42. The average Bonchev–Trinajstić information content (AvgIpc) is 3.10. The van der Waals surface area contributed by atoms with E-state index in [1.165, 1.54) is 0 Å². The van der Waals surface area contributed by atoms with Crippen LogP contribution in [0.1, 0.15) is 73.8 Å². The van der Waals surface area contributed by atoms with Crippen LogP contribution in [0.5, 0.6) is 5.88 Å². The van der Waals surface area contributed by atoms with Gasteiger partial charge in [0.15, 0.2) is 8.32 Å². The minimum atomic E-state index is -2.18. The normalized spacial score (nSPS) is 20.3. The monoisotopic (exact) mass is 570 g/mol. The molecule has 222 valence electrons. The van der Waals surface area contributed by atoms with Crippen LogP contribution in [0, 0.1) is 0 Å². The summed E-state index contributed by atoms with van der Waals surface area (Å²) in [5.74, 6) is 0.612. The van der Waals surface area contributed by atoms with Crippen molar-refractivity contribution in [3.05, 3.63) is 60.3 Å². The molecule has 1 saturated heterocycles. The largest absolute Gasteiger partial charge is 0.478 e. The molecule has 1 aromatic carbocycles.